The van der Waals surface area contributed by atoms with Crippen LogP contribution in [0.3, 0.4) is 0 Å². The Balaban J connectivity index is 1.96. The van der Waals surface area contributed by atoms with Gasteiger partial charge in [-0.25, -0.2) is 8.78 Å². The molecule has 1 atom stereocenters. The van der Waals surface area contributed by atoms with Gasteiger partial charge in [0.05, 0.1) is 28.9 Å². The third-order valence-electron chi connectivity index (χ3n) is 5.06. The summed E-state index contributed by atoms with van der Waals surface area (Å²) in [5.74, 6) is -3.76. The maximum atomic E-state index is 14.6. The van der Waals surface area contributed by atoms with Gasteiger partial charge in [-0.2, -0.15) is 0 Å². The first-order valence-corrected chi connectivity index (χ1v) is 10.1. The lowest BCUT2D eigenvalue weighted by Gasteiger charge is -2.25. The second kappa shape index (κ2) is 8.51. The SMILES string of the molecule is COc1ccc(/C(O)=C2\C(=O)C(=O)N(c3cc(F)ccc3F)C2c2ccncc2)cc1Br. The van der Waals surface area contributed by atoms with Crippen molar-refractivity contribution in [3.63, 3.8) is 0 Å². The number of Topliss-reactive ketones (excluding diaryl/α,β-unsaturated/α-hetero) is 1. The van der Waals surface area contributed by atoms with Crippen molar-refractivity contribution < 1.29 is 28.2 Å². The Morgan fingerprint density at radius 1 is 1.09 bits per heavy atom. The fourth-order valence-electron chi connectivity index (χ4n) is 3.58. The molecule has 3 aromatic rings. The maximum absolute atomic E-state index is 14.6. The molecule has 0 radical (unpaired) electrons. The molecule has 9 heteroatoms. The number of carbonyl (C=O) groups is 2. The Morgan fingerprint density at radius 2 is 1.81 bits per heavy atom. The number of hydrogen-bond acceptors (Lipinski definition) is 5. The largest absolute Gasteiger partial charge is 0.507 e. The number of rotatable bonds is 4. The van der Waals surface area contributed by atoms with Crippen LogP contribution >= 0.6 is 15.9 Å². The first-order chi connectivity index (χ1) is 15.3. The predicted octanol–water partition coefficient (Wildman–Crippen LogP) is 4.76. The van der Waals surface area contributed by atoms with E-state index in [-0.39, 0.29) is 11.1 Å². The molecule has 1 N–H and O–H groups in total. The summed E-state index contributed by atoms with van der Waals surface area (Å²) >= 11 is 3.32. The van der Waals surface area contributed by atoms with Crippen molar-refractivity contribution in [2.24, 2.45) is 0 Å². The highest BCUT2D eigenvalue weighted by molar-refractivity contribution is 9.10. The molecule has 0 saturated carbocycles. The average molecular weight is 501 g/mol. The first-order valence-electron chi connectivity index (χ1n) is 9.33. The van der Waals surface area contributed by atoms with E-state index in [9.17, 15) is 23.5 Å². The van der Waals surface area contributed by atoms with Crippen molar-refractivity contribution in [3.05, 3.63) is 93.7 Å². The molecule has 1 aliphatic heterocycles. The van der Waals surface area contributed by atoms with Crippen LogP contribution in [0, 0.1) is 11.6 Å². The van der Waals surface area contributed by atoms with Crippen molar-refractivity contribution in [2.45, 2.75) is 6.04 Å². The number of benzene rings is 2. The van der Waals surface area contributed by atoms with E-state index in [4.69, 9.17) is 4.74 Å². The molecule has 1 saturated heterocycles. The summed E-state index contributed by atoms with van der Waals surface area (Å²) in [7, 11) is 1.47. The van der Waals surface area contributed by atoms with Crippen molar-refractivity contribution in [3.8, 4) is 5.75 Å². The van der Waals surface area contributed by atoms with Crippen LogP contribution in [0.1, 0.15) is 17.2 Å². The Labute approximate surface area is 189 Å². The summed E-state index contributed by atoms with van der Waals surface area (Å²) in [5.41, 5.74) is -0.0581. The number of carbonyl (C=O) groups excluding carboxylic acids is 2. The zero-order valence-electron chi connectivity index (χ0n) is 16.6. The van der Waals surface area contributed by atoms with Crippen LogP contribution in [0.5, 0.6) is 5.75 Å². The van der Waals surface area contributed by atoms with Gasteiger partial charge in [-0.3, -0.25) is 19.5 Å². The lowest BCUT2D eigenvalue weighted by atomic mass is 9.95. The fourth-order valence-corrected chi connectivity index (χ4v) is 4.12. The molecule has 6 nitrogen and oxygen atoms in total. The maximum Gasteiger partial charge on any atom is 0.300 e. The number of ether oxygens (including phenoxy) is 1. The van der Waals surface area contributed by atoms with Crippen LogP contribution in [0.2, 0.25) is 0 Å². The van der Waals surface area contributed by atoms with Gasteiger partial charge >= 0.3 is 0 Å². The highest BCUT2D eigenvalue weighted by Crippen LogP contribution is 2.43. The molecular weight excluding hydrogens is 486 g/mol. The zero-order chi connectivity index (χ0) is 23.0. The average Bonchev–Trinajstić information content (AvgIpc) is 3.06. The first kappa shape index (κ1) is 21.6. The molecule has 0 bridgehead atoms. The second-order valence-corrected chi connectivity index (χ2v) is 7.75. The van der Waals surface area contributed by atoms with Crippen molar-refractivity contribution in [1.29, 1.82) is 0 Å². The van der Waals surface area contributed by atoms with Crippen LogP contribution in [0.4, 0.5) is 14.5 Å². The van der Waals surface area contributed by atoms with Crippen molar-refractivity contribution in [2.75, 3.05) is 12.0 Å². The molecule has 1 aromatic heterocycles. The van der Waals surface area contributed by atoms with Gasteiger partial charge in [-0.05, 0) is 64.0 Å². The number of amides is 1. The van der Waals surface area contributed by atoms with E-state index in [2.05, 4.69) is 20.9 Å². The number of nitrogens with zero attached hydrogens (tertiary/aromatic N) is 2. The molecule has 32 heavy (non-hydrogen) atoms. The minimum atomic E-state index is -1.20. The number of halogens is 3. The Hall–Kier alpha value is -3.59. The Kier molecular flexibility index (Phi) is 5.75. The number of aromatic nitrogens is 1. The van der Waals surface area contributed by atoms with Crippen molar-refractivity contribution in [1.82, 2.24) is 4.98 Å². The van der Waals surface area contributed by atoms with Crippen LogP contribution in [0.25, 0.3) is 5.76 Å². The number of pyridine rings is 1. The summed E-state index contributed by atoms with van der Waals surface area (Å²) in [6, 6.07) is 9.07. The lowest BCUT2D eigenvalue weighted by Crippen LogP contribution is -2.30. The molecule has 4 rings (SSSR count). The topological polar surface area (TPSA) is 79.7 Å². The summed E-state index contributed by atoms with van der Waals surface area (Å²) < 4.78 is 34.2. The predicted molar refractivity (Wildman–Crippen MR) is 116 cm³/mol. The smallest absolute Gasteiger partial charge is 0.300 e. The van der Waals surface area contributed by atoms with E-state index in [0.29, 0.717) is 15.8 Å². The molecule has 1 amide bonds. The normalized spacial score (nSPS) is 17.6. The quantitative estimate of drug-likeness (QED) is 0.317. The second-order valence-electron chi connectivity index (χ2n) is 6.89. The van der Waals surface area contributed by atoms with Gasteiger partial charge in [-0.1, -0.05) is 0 Å². The summed E-state index contributed by atoms with van der Waals surface area (Å²) in [6.45, 7) is 0. The van der Waals surface area contributed by atoms with Gasteiger partial charge in [0.2, 0.25) is 0 Å². The number of ketones is 1. The highest BCUT2D eigenvalue weighted by Gasteiger charge is 2.47. The molecule has 162 valence electrons. The van der Waals surface area contributed by atoms with E-state index in [1.165, 1.54) is 43.8 Å². The summed E-state index contributed by atoms with van der Waals surface area (Å²) in [4.78, 5) is 30.7. The van der Waals surface area contributed by atoms with E-state index in [0.717, 1.165) is 23.1 Å². The Bertz CT molecular complexity index is 1260. The molecule has 2 heterocycles. The standard InChI is InChI=1S/C23H15BrF2N2O4/c1-32-18-5-2-13(10-15(18)24)21(29)19-20(12-6-8-27-9-7-12)28(23(31)22(19)30)17-11-14(25)3-4-16(17)26/h2-11,20,29H,1H3/b21-19+. The molecule has 0 aliphatic carbocycles. The van der Waals surface area contributed by atoms with Crippen molar-refractivity contribution >= 4 is 39.1 Å². The van der Waals surface area contributed by atoms with Crippen LogP contribution < -0.4 is 9.64 Å². The number of hydrogen-bond donors (Lipinski definition) is 1. The van der Waals surface area contributed by atoms with Gasteiger partial charge in [0.1, 0.15) is 23.1 Å². The Morgan fingerprint density at radius 3 is 2.47 bits per heavy atom. The van der Waals surface area contributed by atoms with Gasteiger partial charge in [0, 0.05) is 24.0 Å². The fraction of sp³-hybridized carbons (Fsp3) is 0.0870. The number of aliphatic hydroxyl groups excluding tert-OH is 1. The van der Waals surface area contributed by atoms with Crippen LogP contribution in [-0.2, 0) is 9.59 Å². The summed E-state index contributed by atoms with van der Waals surface area (Å²) in [5, 5.41) is 11.1. The number of aliphatic hydroxyl groups is 1. The molecule has 1 unspecified atom stereocenters. The number of methoxy groups -OCH3 is 1. The third-order valence-corrected chi connectivity index (χ3v) is 5.68. The lowest BCUT2D eigenvalue weighted by molar-refractivity contribution is -0.132. The summed E-state index contributed by atoms with van der Waals surface area (Å²) in [6.07, 6.45) is 2.86. The van der Waals surface area contributed by atoms with E-state index in [1.54, 1.807) is 6.07 Å². The van der Waals surface area contributed by atoms with E-state index < -0.39 is 40.8 Å². The third kappa shape index (κ3) is 3.64. The minimum Gasteiger partial charge on any atom is -0.507 e. The van der Waals surface area contributed by atoms with Gasteiger partial charge in [-0.15, -0.1) is 0 Å². The van der Waals surface area contributed by atoms with Gasteiger partial charge in [0.15, 0.2) is 0 Å². The highest BCUT2D eigenvalue weighted by atomic mass is 79.9. The molecule has 1 aliphatic rings. The van der Waals surface area contributed by atoms with E-state index in [1.807, 2.05) is 0 Å². The molecule has 0 spiro atoms. The molecule has 1 fully saturated rings. The van der Waals surface area contributed by atoms with Gasteiger partial charge in [0.25, 0.3) is 11.7 Å². The molecular formula is C23H15BrF2N2O4. The van der Waals surface area contributed by atoms with Crippen LogP contribution in [-0.4, -0.2) is 28.9 Å². The van der Waals surface area contributed by atoms with Crippen LogP contribution in [0.15, 0.2) is 71.0 Å². The minimum absolute atomic E-state index is 0.231. The zero-order valence-corrected chi connectivity index (χ0v) is 18.1. The molecule has 2 aromatic carbocycles. The number of anilines is 1. The monoisotopic (exact) mass is 500 g/mol. The van der Waals surface area contributed by atoms with Gasteiger partial charge < -0.3 is 9.84 Å². The van der Waals surface area contributed by atoms with E-state index >= 15 is 0 Å².